The molecule has 2 atom stereocenters. The van der Waals surface area contributed by atoms with Crippen LogP contribution in [0.4, 0.5) is 13.6 Å². The van der Waals surface area contributed by atoms with Crippen LogP contribution in [0.15, 0.2) is 18.2 Å². The van der Waals surface area contributed by atoms with E-state index >= 15 is 0 Å². The molecular weight excluding hydrogens is 306 g/mol. The van der Waals surface area contributed by atoms with Gasteiger partial charge in [0.15, 0.2) is 11.6 Å². The van der Waals surface area contributed by atoms with Gasteiger partial charge in [0.1, 0.15) is 5.60 Å². The first-order chi connectivity index (χ1) is 10.7. The summed E-state index contributed by atoms with van der Waals surface area (Å²) in [5.74, 6) is -1.98. The lowest BCUT2D eigenvalue weighted by Crippen LogP contribution is -2.54. The van der Waals surface area contributed by atoms with Crippen LogP contribution in [0.3, 0.4) is 0 Å². The van der Waals surface area contributed by atoms with Crippen molar-refractivity contribution in [2.75, 3.05) is 19.8 Å². The number of hydrogen-bond acceptors (Lipinski definition) is 4. The molecule has 23 heavy (non-hydrogen) atoms. The van der Waals surface area contributed by atoms with E-state index in [0.29, 0.717) is 6.61 Å². The Balaban J connectivity index is 2.23. The number of ether oxygens (including phenoxy) is 2. The second-order valence-corrected chi connectivity index (χ2v) is 6.48. The Morgan fingerprint density at radius 3 is 2.78 bits per heavy atom. The first kappa shape index (κ1) is 17.6. The van der Waals surface area contributed by atoms with Gasteiger partial charge in [-0.05, 0) is 26.8 Å². The summed E-state index contributed by atoms with van der Waals surface area (Å²) in [6, 6.07) is 2.27. The quantitative estimate of drug-likeness (QED) is 0.906. The van der Waals surface area contributed by atoms with Gasteiger partial charge in [0.2, 0.25) is 0 Å². The number of morpholine rings is 1. The standard InChI is InChI=1S/C16H22F2N2O3/c1-16(2,3)23-15(21)20-7-8-22-9-12(20)14(19)10-5-4-6-11(17)13(10)18/h4-6,12,14H,7-9,19H2,1-3H3. The van der Waals surface area contributed by atoms with Gasteiger partial charge in [0, 0.05) is 12.1 Å². The first-order valence-corrected chi connectivity index (χ1v) is 7.47. The van der Waals surface area contributed by atoms with Crippen LogP contribution in [0, 0.1) is 11.6 Å². The second kappa shape index (κ2) is 6.80. The summed E-state index contributed by atoms with van der Waals surface area (Å²) in [5.41, 5.74) is 5.45. The van der Waals surface area contributed by atoms with Gasteiger partial charge in [-0.2, -0.15) is 0 Å². The molecule has 1 aromatic carbocycles. The molecule has 0 spiro atoms. The average Bonchev–Trinajstić information content (AvgIpc) is 2.47. The molecule has 0 bridgehead atoms. The fourth-order valence-electron chi connectivity index (χ4n) is 2.45. The van der Waals surface area contributed by atoms with Crippen molar-refractivity contribution >= 4 is 6.09 Å². The third-order valence-electron chi connectivity index (χ3n) is 3.55. The van der Waals surface area contributed by atoms with Crippen molar-refractivity contribution in [3.63, 3.8) is 0 Å². The van der Waals surface area contributed by atoms with E-state index < -0.39 is 35.4 Å². The number of nitrogens with zero attached hydrogens (tertiary/aromatic N) is 1. The molecule has 0 aliphatic carbocycles. The van der Waals surface area contributed by atoms with E-state index in [9.17, 15) is 13.6 Å². The zero-order valence-corrected chi connectivity index (χ0v) is 13.5. The number of nitrogens with two attached hydrogens (primary N) is 1. The van der Waals surface area contributed by atoms with Gasteiger partial charge in [0.25, 0.3) is 0 Å². The van der Waals surface area contributed by atoms with Gasteiger partial charge in [-0.1, -0.05) is 12.1 Å². The number of hydrogen-bond donors (Lipinski definition) is 1. The zero-order valence-electron chi connectivity index (χ0n) is 13.5. The Morgan fingerprint density at radius 1 is 1.43 bits per heavy atom. The molecular formula is C16H22F2N2O3. The molecule has 7 heteroatoms. The Labute approximate surface area is 134 Å². The number of carbonyl (C=O) groups is 1. The molecule has 1 heterocycles. The van der Waals surface area contributed by atoms with Crippen LogP contribution in [0.2, 0.25) is 0 Å². The minimum Gasteiger partial charge on any atom is -0.444 e. The van der Waals surface area contributed by atoms with Crippen LogP contribution in [0.25, 0.3) is 0 Å². The molecule has 2 N–H and O–H groups in total. The van der Waals surface area contributed by atoms with Gasteiger partial charge in [0.05, 0.1) is 25.3 Å². The maximum absolute atomic E-state index is 14.0. The Morgan fingerprint density at radius 2 is 2.13 bits per heavy atom. The highest BCUT2D eigenvalue weighted by Gasteiger charge is 2.36. The van der Waals surface area contributed by atoms with Crippen LogP contribution in [0.5, 0.6) is 0 Å². The molecule has 2 unspecified atom stereocenters. The number of amides is 1. The predicted octanol–water partition coefficient (Wildman–Crippen LogP) is 2.60. The van der Waals surface area contributed by atoms with Crippen molar-refractivity contribution < 1.29 is 23.0 Å². The summed E-state index contributed by atoms with van der Waals surface area (Å²) in [6.07, 6.45) is -0.543. The van der Waals surface area contributed by atoms with Crippen molar-refractivity contribution in [3.05, 3.63) is 35.4 Å². The molecule has 0 aromatic heterocycles. The maximum atomic E-state index is 14.0. The van der Waals surface area contributed by atoms with E-state index in [4.69, 9.17) is 15.2 Å². The molecule has 128 valence electrons. The van der Waals surface area contributed by atoms with Crippen molar-refractivity contribution in [1.82, 2.24) is 4.90 Å². The summed E-state index contributed by atoms with van der Waals surface area (Å²) >= 11 is 0. The van der Waals surface area contributed by atoms with Gasteiger partial charge >= 0.3 is 6.09 Å². The predicted molar refractivity (Wildman–Crippen MR) is 80.8 cm³/mol. The highest BCUT2D eigenvalue weighted by Crippen LogP contribution is 2.26. The average molecular weight is 328 g/mol. The van der Waals surface area contributed by atoms with Gasteiger partial charge in [-0.25, -0.2) is 13.6 Å². The molecule has 1 aliphatic rings. The van der Waals surface area contributed by atoms with Crippen LogP contribution in [-0.2, 0) is 9.47 Å². The molecule has 1 fully saturated rings. The lowest BCUT2D eigenvalue weighted by molar-refractivity contribution is -0.0384. The molecule has 1 saturated heterocycles. The Kier molecular flexibility index (Phi) is 5.21. The number of benzene rings is 1. The molecule has 1 amide bonds. The van der Waals surface area contributed by atoms with Crippen molar-refractivity contribution in [2.45, 2.75) is 38.5 Å². The fraction of sp³-hybridized carbons (Fsp3) is 0.562. The summed E-state index contributed by atoms with van der Waals surface area (Å²) in [5, 5.41) is 0. The lowest BCUT2D eigenvalue weighted by Gasteiger charge is -2.39. The second-order valence-electron chi connectivity index (χ2n) is 6.48. The molecule has 5 nitrogen and oxygen atoms in total. The van der Waals surface area contributed by atoms with Gasteiger partial charge < -0.3 is 15.2 Å². The topological polar surface area (TPSA) is 64.8 Å². The largest absolute Gasteiger partial charge is 0.444 e. The van der Waals surface area contributed by atoms with Crippen LogP contribution >= 0.6 is 0 Å². The van der Waals surface area contributed by atoms with Gasteiger partial charge in [-0.15, -0.1) is 0 Å². The van der Waals surface area contributed by atoms with Crippen molar-refractivity contribution in [3.8, 4) is 0 Å². The molecule has 1 aromatic rings. The molecule has 0 saturated carbocycles. The minimum absolute atomic E-state index is 0.00839. The van der Waals surface area contributed by atoms with Crippen molar-refractivity contribution in [2.24, 2.45) is 5.73 Å². The van der Waals surface area contributed by atoms with E-state index in [0.717, 1.165) is 6.07 Å². The summed E-state index contributed by atoms with van der Waals surface area (Å²) in [4.78, 5) is 13.8. The minimum atomic E-state index is -1.00. The maximum Gasteiger partial charge on any atom is 0.410 e. The number of rotatable bonds is 2. The number of halogens is 2. The number of carbonyl (C=O) groups excluding carboxylic acids is 1. The third-order valence-corrected chi connectivity index (χ3v) is 3.55. The van der Waals surface area contributed by atoms with E-state index in [2.05, 4.69) is 0 Å². The van der Waals surface area contributed by atoms with E-state index in [-0.39, 0.29) is 18.7 Å². The fourth-order valence-corrected chi connectivity index (χ4v) is 2.45. The van der Waals surface area contributed by atoms with Gasteiger partial charge in [-0.3, -0.25) is 4.90 Å². The Hall–Kier alpha value is -1.73. The normalized spacial score (nSPS) is 20.3. The monoisotopic (exact) mass is 328 g/mol. The summed E-state index contributed by atoms with van der Waals surface area (Å²) in [7, 11) is 0. The van der Waals surface area contributed by atoms with E-state index in [1.807, 2.05) is 0 Å². The SMILES string of the molecule is CC(C)(C)OC(=O)N1CCOCC1C(N)c1cccc(F)c1F. The van der Waals surface area contributed by atoms with Crippen LogP contribution in [-0.4, -0.2) is 42.4 Å². The highest BCUT2D eigenvalue weighted by molar-refractivity contribution is 5.69. The highest BCUT2D eigenvalue weighted by atomic mass is 19.2. The van der Waals surface area contributed by atoms with E-state index in [1.165, 1.54) is 17.0 Å². The summed E-state index contributed by atoms with van der Waals surface area (Å²) < 4.78 is 38.1. The van der Waals surface area contributed by atoms with Crippen molar-refractivity contribution in [1.29, 1.82) is 0 Å². The third kappa shape index (κ3) is 4.17. The smallest absolute Gasteiger partial charge is 0.410 e. The van der Waals surface area contributed by atoms with Crippen LogP contribution in [0.1, 0.15) is 32.4 Å². The van der Waals surface area contributed by atoms with Crippen LogP contribution < -0.4 is 5.73 Å². The lowest BCUT2D eigenvalue weighted by atomic mass is 9.98. The molecule has 0 radical (unpaired) electrons. The first-order valence-electron chi connectivity index (χ1n) is 7.47. The molecule has 1 aliphatic heterocycles. The zero-order chi connectivity index (χ0) is 17.2. The summed E-state index contributed by atoms with van der Waals surface area (Å²) in [6.45, 7) is 6.03. The Bertz CT molecular complexity index is 575. The van der Waals surface area contributed by atoms with E-state index in [1.54, 1.807) is 20.8 Å². The molecule has 2 rings (SSSR count).